The van der Waals surface area contributed by atoms with Crippen molar-refractivity contribution >= 4 is 11.8 Å². The molecule has 0 bridgehead atoms. The molecule has 0 amide bonds. The fourth-order valence-electron chi connectivity index (χ4n) is 2.39. The molecular weight excluding hydrogens is 228 g/mol. The Morgan fingerprint density at radius 1 is 0.944 bits per heavy atom. The van der Waals surface area contributed by atoms with Crippen LogP contribution in [0.4, 0.5) is 0 Å². The molecule has 0 unspecified atom stereocenters. The number of ketones is 1. The minimum atomic E-state index is -1.42. The number of carbonyl (C=O) groups excluding carboxylic acids is 1. The molecule has 0 saturated carbocycles. The van der Waals surface area contributed by atoms with Gasteiger partial charge in [0.2, 0.25) is 0 Å². The maximum atomic E-state index is 11.5. The molecule has 0 heterocycles. The summed E-state index contributed by atoms with van der Waals surface area (Å²) in [7, 11) is 0. The molecule has 0 aliphatic heterocycles. The average Bonchev–Trinajstić information content (AvgIpc) is 2.75. The van der Waals surface area contributed by atoms with Gasteiger partial charge in [0.15, 0.2) is 0 Å². The minimum absolute atomic E-state index is 0.234. The molecule has 2 aromatic carbocycles. The second-order valence-corrected chi connectivity index (χ2v) is 4.34. The van der Waals surface area contributed by atoms with Gasteiger partial charge < -0.3 is 5.11 Å². The van der Waals surface area contributed by atoms with Crippen molar-refractivity contribution in [2.75, 3.05) is 0 Å². The van der Waals surface area contributed by atoms with Crippen molar-refractivity contribution in [2.45, 2.75) is 6.42 Å². The summed E-state index contributed by atoms with van der Waals surface area (Å²) in [6.07, 6.45) is 0.840. The Morgan fingerprint density at radius 2 is 1.67 bits per heavy atom. The Labute approximate surface area is 104 Å². The Hall–Kier alpha value is -2.42. The van der Waals surface area contributed by atoms with E-state index in [0.29, 0.717) is 0 Å². The fraction of sp³-hybridized carbons (Fsp3) is 0.0667. The molecule has 0 spiro atoms. The lowest BCUT2D eigenvalue weighted by atomic mass is 10.0. The zero-order valence-corrected chi connectivity index (χ0v) is 9.51. The lowest BCUT2D eigenvalue weighted by Crippen LogP contribution is -2.12. The van der Waals surface area contributed by atoms with E-state index in [1.54, 1.807) is 12.1 Å². The number of aliphatic carboxylic acids is 1. The van der Waals surface area contributed by atoms with Crippen LogP contribution in [0.3, 0.4) is 0 Å². The van der Waals surface area contributed by atoms with Gasteiger partial charge in [-0.2, -0.15) is 0 Å². The summed E-state index contributed by atoms with van der Waals surface area (Å²) in [5.74, 6) is -2.27. The zero-order valence-electron chi connectivity index (χ0n) is 9.51. The van der Waals surface area contributed by atoms with Gasteiger partial charge in [0.1, 0.15) is 0 Å². The number of Topliss-reactive ketones (excluding diaryl/α,β-unsaturated/α-hetero) is 1. The quantitative estimate of drug-likeness (QED) is 0.551. The van der Waals surface area contributed by atoms with Crippen LogP contribution in [0.15, 0.2) is 42.5 Å². The first kappa shape index (κ1) is 10.7. The summed E-state index contributed by atoms with van der Waals surface area (Å²) in [6, 6.07) is 13.1. The van der Waals surface area contributed by atoms with Crippen molar-refractivity contribution in [1.82, 2.24) is 0 Å². The first-order chi connectivity index (χ1) is 8.66. The highest BCUT2D eigenvalue weighted by atomic mass is 16.4. The first-order valence-electron chi connectivity index (χ1n) is 5.65. The average molecular weight is 238 g/mol. The van der Waals surface area contributed by atoms with Gasteiger partial charge in [-0.15, -0.1) is 0 Å². The molecule has 0 fully saturated rings. The molecule has 0 aromatic heterocycles. The minimum Gasteiger partial charge on any atom is -0.475 e. The van der Waals surface area contributed by atoms with E-state index in [1.807, 2.05) is 30.3 Å². The monoisotopic (exact) mass is 238 g/mol. The number of hydrogen-bond acceptors (Lipinski definition) is 2. The second kappa shape index (κ2) is 3.81. The third-order valence-corrected chi connectivity index (χ3v) is 3.25. The number of carboxylic acid groups (broad SMARTS) is 1. The molecule has 3 rings (SSSR count). The largest absolute Gasteiger partial charge is 0.475 e. The lowest BCUT2D eigenvalue weighted by molar-refractivity contribution is -0.131. The third kappa shape index (κ3) is 1.52. The van der Waals surface area contributed by atoms with Crippen LogP contribution in [0.5, 0.6) is 0 Å². The second-order valence-electron chi connectivity index (χ2n) is 4.34. The van der Waals surface area contributed by atoms with Gasteiger partial charge in [0.25, 0.3) is 5.78 Å². The molecule has 1 aliphatic rings. The van der Waals surface area contributed by atoms with E-state index in [-0.39, 0.29) is 5.56 Å². The predicted molar refractivity (Wildman–Crippen MR) is 66.7 cm³/mol. The topological polar surface area (TPSA) is 54.4 Å². The first-order valence-corrected chi connectivity index (χ1v) is 5.65. The van der Waals surface area contributed by atoms with Gasteiger partial charge in [-0.25, -0.2) is 4.79 Å². The molecule has 0 saturated heterocycles. The van der Waals surface area contributed by atoms with Gasteiger partial charge in [0.05, 0.1) is 0 Å². The number of fused-ring (bicyclic) bond motifs is 3. The molecule has 3 heteroatoms. The van der Waals surface area contributed by atoms with Crippen molar-refractivity contribution in [3.05, 3.63) is 59.2 Å². The highest BCUT2D eigenvalue weighted by Gasteiger charge is 2.21. The number of carboxylic acids is 1. The van der Waals surface area contributed by atoms with Crippen LogP contribution in [0.2, 0.25) is 0 Å². The van der Waals surface area contributed by atoms with Crippen LogP contribution >= 0.6 is 0 Å². The maximum Gasteiger partial charge on any atom is 0.377 e. The van der Waals surface area contributed by atoms with E-state index in [4.69, 9.17) is 5.11 Å². The number of carbonyl (C=O) groups is 2. The van der Waals surface area contributed by atoms with Crippen molar-refractivity contribution in [2.24, 2.45) is 0 Å². The number of hydrogen-bond donors (Lipinski definition) is 1. The SMILES string of the molecule is O=C(O)C(=O)c1ccc2c(c1)-c1ccccc1C2. The van der Waals surface area contributed by atoms with Gasteiger partial charge in [0, 0.05) is 5.56 Å². The normalized spacial score (nSPS) is 11.8. The standard InChI is InChI=1S/C15H10O3/c16-14(15(17)18)11-6-5-10-7-9-3-1-2-4-12(9)13(10)8-11/h1-6,8H,7H2,(H,17,18). The summed E-state index contributed by atoms with van der Waals surface area (Å²) < 4.78 is 0. The molecule has 88 valence electrons. The van der Waals surface area contributed by atoms with Crippen LogP contribution in [-0.4, -0.2) is 16.9 Å². The molecule has 0 atom stereocenters. The van der Waals surface area contributed by atoms with Gasteiger partial charge in [-0.1, -0.05) is 36.4 Å². The third-order valence-electron chi connectivity index (χ3n) is 3.25. The van der Waals surface area contributed by atoms with Crippen LogP contribution in [0, 0.1) is 0 Å². The summed E-state index contributed by atoms with van der Waals surface area (Å²) in [4.78, 5) is 22.2. The summed E-state index contributed by atoms with van der Waals surface area (Å²) in [6.45, 7) is 0. The molecule has 1 aliphatic carbocycles. The Morgan fingerprint density at radius 3 is 2.44 bits per heavy atom. The summed E-state index contributed by atoms with van der Waals surface area (Å²) in [5.41, 5.74) is 4.65. The van der Waals surface area contributed by atoms with Crippen LogP contribution in [-0.2, 0) is 11.2 Å². The van der Waals surface area contributed by atoms with Crippen molar-refractivity contribution in [3.8, 4) is 11.1 Å². The van der Waals surface area contributed by atoms with Gasteiger partial charge >= 0.3 is 5.97 Å². The molecule has 2 aromatic rings. The predicted octanol–water partition coefficient (Wildman–Crippen LogP) is 2.53. The highest BCUT2D eigenvalue weighted by Crippen LogP contribution is 2.36. The molecular formula is C15H10O3. The molecule has 18 heavy (non-hydrogen) atoms. The van der Waals surface area contributed by atoms with E-state index in [1.165, 1.54) is 5.56 Å². The fourth-order valence-corrected chi connectivity index (χ4v) is 2.39. The Kier molecular flexibility index (Phi) is 2.27. The Balaban J connectivity index is 2.14. The number of benzene rings is 2. The van der Waals surface area contributed by atoms with E-state index in [0.717, 1.165) is 23.1 Å². The van der Waals surface area contributed by atoms with Crippen molar-refractivity contribution in [1.29, 1.82) is 0 Å². The molecule has 1 N–H and O–H groups in total. The zero-order chi connectivity index (χ0) is 12.7. The van der Waals surface area contributed by atoms with E-state index in [2.05, 4.69) is 0 Å². The molecule has 0 radical (unpaired) electrons. The Bertz CT molecular complexity index is 671. The van der Waals surface area contributed by atoms with Crippen LogP contribution in [0.1, 0.15) is 21.5 Å². The summed E-state index contributed by atoms with van der Waals surface area (Å²) in [5, 5.41) is 8.73. The van der Waals surface area contributed by atoms with E-state index in [9.17, 15) is 9.59 Å². The van der Waals surface area contributed by atoms with Crippen molar-refractivity contribution < 1.29 is 14.7 Å². The van der Waals surface area contributed by atoms with Crippen LogP contribution in [0.25, 0.3) is 11.1 Å². The maximum absolute atomic E-state index is 11.5. The lowest BCUT2D eigenvalue weighted by Gasteiger charge is -2.03. The summed E-state index contributed by atoms with van der Waals surface area (Å²) >= 11 is 0. The number of rotatable bonds is 2. The van der Waals surface area contributed by atoms with E-state index >= 15 is 0 Å². The van der Waals surface area contributed by atoms with Crippen LogP contribution < -0.4 is 0 Å². The van der Waals surface area contributed by atoms with Gasteiger partial charge in [-0.05, 0) is 34.7 Å². The smallest absolute Gasteiger partial charge is 0.377 e. The highest BCUT2D eigenvalue weighted by molar-refractivity contribution is 6.40. The molecule has 3 nitrogen and oxygen atoms in total. The van der Waals surface area contributed by atoms with Gasteiger partial charge in [-0.3, -0.25) is 4.79 Å². The van der Waals surface area contributed by atoms with Crippen molar-refractivity contribution in [3.63, 3.8) is 0 Å². The van der Waals surface area contributed by atoms with E-state index < -0.39 is 11.8 Å².